The van der Waals surface area contributed by atoms with Crippen molar-refractivity contribution >= 4 is 17.4 Å². The number of hydrogen-bond acceptors (Lipinski definition) is 1. The van der Waals surface area contributed by atoms with E-state index in [1.165, 1.54) is 11.1 Å². The molecule has 0 heterocycles. The topological polar surface area (TPSA) is 17.1 Å². The third-order valence-corrected chi connectivity index (χ3v) is 4.07. The molecule has 0 atom stereocenters. The number of aryl methyl sites for hydroxylation is 3. The van der Waals surface area contributed by atoms with Crippen LogP contribution in [0.1, 0.15) is 46.5 Å². The van der Waals surface area contributed by atoms with E-state index in [0.29, 0.717) is 10.6 Å². The Bertz CT molecular complexity index is 644. The van der Waals surface area contributed by atoms with Gasteiger partial charge in [0.15, 0.2) is 5.78 Å². The van der Waals surface area contributed by atoms with E-state index in [2.05, 4.69) is 19.9 Å². The zero-order valence-corrected chi connectivity index (χ0v) is 12.9. The predicted molar refractivity (Wildman–Crippen MR) is 84.8 cm³/mol. The molecule has 0 aromatic heterocycles. The Balaban J connectivity index is 2.40. The van der Waals surface area contributed by atoms with Crippen LogP contribution in [-0.2, 0) is 12.8 Å². The van der Waals surface area contributed by atoms with Gasteiger partial charge in [0, 0.05) is 16.1 Å². The summed E-state index contributed by atoms with van der Waals surface area (Å²) in [5.74, 6) is 0.0575. The summed E-state index contributed by atoms with van der Waals surface area (Å²) in [6.45, 7) is 6.17. The summed E-state index contributed by atoms with van der Waals surface area (Å²) in [6.07, 6.45) is 1.95. The Morgan fingerprint density at radius 2 is 1.55 bits per heavy atom. The largest absolute Gasteiger partial charge is 0.289 e. The number of ketones is 1. The van der Waals surface area contributed by atoms with Crippen molar-refractivity contribution in [1.29, 1.82) is 0 Å². The maximum absolute atomic E-state index is 12.5. The Hall–Kier alpha value is -1.60. The van der Waals surface area contributed by atoms with Crippen LogP contribution < -0.4 is 0 Å². The van der Waals surface area contributed by atoms with E-state index in [0.717, 1.165) is 24.0 Å². The van der Waals surface area contributed by atoms with Gasteiger partial charge in [-0.2, -0.15) is 0 Å². The van der Waals surface area contributed by atoms with Crippen LogP contribution >= 0.6 is 11.6 Å². The van der Waals surface area contributed by atoms with Gasteiger partial charge in [0.05, 0.1) is 0 Å². The van der Waals surface area contributed by atoms with Gasteiger partial charge in [-0.25, -0.2) is 0 Å². The highest BCUT2D eigenvalue weighted by molar-refractivity contribution is 6.31. The second-order valence-corrected chi connectivity index (χ2v) is 5.39. The Kier molecular flexibility index (Phi) is 4.61. The van der Waals surface area contributed by atoms with Crippen molar-refractivity contribution in [3.63, 3.8) is 0 Å². The molecule has 0 aliphatic heterocycles. The molecule has 0 bridgehead atoms. The number of hydrogen-bond donors (Lipinski definition) is 0. The van der Waals surface area contributed by atoms with Crippen molar-refractivity contribution in [2.75, 3.05) is 0 Å². The average molecular weight is 287 g/mol. The Morgan fingerprint density at radius 1 is 0.950 bits per heavy atom. The van der Waals surface area contributed by atoms with Gasteiger partial charge < -0.3 is 0 Å². The van der Waals surface area contributed by atoms with Gasteiger partial charge in [0.25, 0.3) is 0 Å². The molecule has 0 aliphatic rings. The summed E-state index contributed by atoms with van der Waals surface area (Å²) < 4.78 is 0. The highest BCUT2D eigenvalue weighted by atomic mass is 35.5. The van der Waals surface area contributed by atoms with Gasteiger partial charge >= 0.3 is 0 Å². The maximum atomic E-state index is 12.5. The molecule has 2 aromatic carbocycles. The molecule has 2 rings (SSSR count). The summed E-state index contributed by atoms with van der Waals surface area (Å²) in [6, 6.07) is 11.4. The molecule has 0 unspecified atom stereocenters. The van der Waals surface area contributed by atoms with Gasteiger partial charge in [-0.3, -0.25) is 4.79 Å². The first-order chi connectivity index (χ1) is 9.56. The van der Waals surface area contributed by atoms with Crippen LogP contribution in [0.15, 0.2) is 36.4 Å². The molecule has 20 heavy (non-hydrogen) atoms. The average Bonchev–Trinajstić information content (AvgIpc) is 2.48. The van der Waals surface area contributed by atoms with E-state index in [1.807, 2.05) is 25.1 Å². The molecule has 2 aromatic rings. The van der Waals surface area contributed by atoms with Crippen molar-refractivity contribution < 1.29 is 4.79 Å². The van der Waals surface area contributed by atoms with Crippen LogP contribution in [0.4, 0.5) is 0 Å². The quantitative estimate of drug-likeness (QED) is 0.723. The van der Waals surface area contributed by atoms with E-state index in [4.69, 9.17) is 11.6 Å². The van der Waals surface area contributed by atoms with Crippen molar-refractivity contribution in [3.8, 4) is 0 Å². The summed E-state index contributed by atoms with van der Waals surface area (Å²) in [4.78, 5) is 12.5. The Morgan fingerprint density at radius 3 is 2.15 bits per heavy atom. The Labute approximate surface area is 125 Å². The van der Waals surface area contributed by atoms with E-state index >= 15 is 0 Å². The normalized spacial score (nSPS) is 10.6. The van der Waals surface area contributed by atoms with E-state index in [-0.39, 0.29) is 5.78 Å². The molecular weight excluding hydrogens is 268 g/mol. The van der Waals surface area contributed by atoms with Crippen molar-refractivity contribution in [2.45, 2.75) is 33.6 Å². The molecule has 0 amide bonds. The van der Waals surface area contributed by atoms with Crippen molar-refractivity contribution in [2.24, 2.45) is 0 Å². The third-order valence-electron chi connectivity index (χ3n) is 3.65. The highest BCUT2D eigenvalue weighted by Crippen LogP contribution is 2.20. The minimum atomic E-state index is 0.0575. The summed E-state index contributed by atoms with van der Waals surface area (Å²) in [7, 11) is 0. The van der Waals surface area contributed by atoms with Gasteiger partial charge in [0.1, 0.15) is 0 Å². The van der Waals surface area contributed by atoms with Gasteiger partial charge in [0.2, 0.25) is 0 Å². The van der Waals surface area contributed by atoms with Gasteiger partial charge in [-0.05, 0) is 60.7 Å². The number of halogens is 1. The van der Waals surface area contributed by atoms with Crippen molar-refractivity contribution in [3.05, 3.63) is 69.2 Å². The molecular formula is C18H19ClO. The smallest absolute Gasteiger partial charge is 0.193 e. The maximum Gasteiger partial charge on any atom is 0.193 e. The highest BCUT2D eigenvalue weighted by Gasteiger charge is 2.12. The van der Waals surface area contributed by atoms with Gasteiger partial charge in [-0.1, -0.05) is 37.6 Å². The van der Waals surface area contributed by atoms with E-state index in [9.17, 15) is 4.79 Å². The SMILES string of the molecule is CCc1ccc(C(=O)c2ccc(Cl)c(C)c2)cc1CC. The lowest BCUT2D eigenvalue weighted by atomic mass is 9.95. The molecule has 0 fully saturated rings. The molecule has 0 saturated heterocycles. The van der Waals surface area contributed by atoms with Crippen molar-refractivity contribution in [1.82, 2.24) is 0 Å². The fourth-order valence-electron chi connectivity index (χ4n) is 2.39. The van der Waals surface area contributed by atoms with Crippen LogP contribution in [0.3, 0.4) is 0 Å². The summed E-state index contributed by atoms with van der Waals surface area (Å²) in [5.41, 5.74) is 4.94. The predicted octanol–water partition coefficient (Wildman–Crippen LogP) is 5.00. The number of rotatable bonds is 4. The zero-order chi connectivity index (χ0) is 14.7. The fraction of sp³-hybridized carbons (Fsp3) is 0.278. The second-order valence-electron chi connectivity index (χ2n) is 4.98. The van der Waals surface area contributed by atoms with Crippen LogP contribution in [0.25, 0.3) is 0 Å². The molecule has 0 radical (unpaired) electrons. The van der Waals surface area contributed by atoms with Crippen LogP contribution in [0.2, 0.25) is 5.02 Å². The first-order valence-corrected chi connectivity index (χ1v) is 7.37. The molecule has 2 heteroatoms. The molecule has 0 saturated carbocycles. The minimum Gasteiger partial charge on any atom is -0.289 e. The first-order valence-electron chi connectivity index (χ1n) is 6.99. The minimum absolute atomic E-state index is 0.0575. The molecule has 0 spiro atoms. The van der Waals surface area contributed by atoms with Crippen LogP contribution in [0, 0.1) is 6.92 Å². The number of carbonyl (C=O) groups is 1. The lowest BCUT2D eigenvalue weighted by molar-refractivity contribution is 0.103. The second kappa shape index (κ2) is 6.23. The van der Waals surface area contributed by atoms with E-state index in [1.54, 1.807) is 12.1 Å². The number of benzene rings is 2. The van der Waals surface area contributed by atoms with Crippen LogP contribution in [-0.4, -0.2) is 5.78 Å². The lowest BCUT2D eigenvalue weighted by Gasteiger charge is -2.09. The third kappa shape index (κ3) is 2.94. The monoisotopic (exact) mass is 286 g/mol. The van der Waals surface area contributed by atoms with Gasteiger partial charge in [-0.15, -0.1) is 0 Å². The summed E-state index contributed by atoms with van der Waals surface area (Å²) in [5, 5.41) is 0.692. The molecule has 1 nitrogen and oxygen atoms in total. The number of carbonyl (C=O) groups excluding carboxylic acids is 1. The fourth-order valence-corrected chi connectivity index (χ4v) is 2.51. The van der Waals surface area contributed by atoms with Crippen LogP contribution in [0.5, 0.6) is 0 Å². The molecule has 0 aliphatic carbocycles. The molecule has 0 N–H and O–H groups in total. The van der Waals surface area contributed by atoms with E-state index < -0.39 is 0 Å². The zero-order valence-electron chi connectivity index (χ0n) is 12.2. The lowest BCUT2D eigenvalue weighted by Crippen LogP contribution is -2.04. The standard InChI is InChI=1S/C18H19ClO/c1-4-13-6-7-16(11-14(13)5-2)18(20)15-8-9-17(19)12(3)10-15/h6-11H,4-5H2,1-3H3. The molecule has 104 valence electrons. The first kappa shape index (κ1) is 14.8. The summed E-state index contributed by atoms with van der Waals surface area (Å²) >= 11 is 6.01.